The molecule has 2 aromatic heterocycles. The number of aromatic nitrogens is 2. The number of ether oxygens (including phenoxy) is 1. The number of imidazole rings is 1. The lowest BCUT2D eigenvalue weighted by Crippen LogP contribution is -2.33. The topological polar surface area (TPSA) is 109 Å². The zero-order valence-corrected chi connectivity index (χ0v) is 15.6. The van der Waals surface area contributed by atoms with E-state index in [1.54, 1.807) is 53.1 Å². The second-order valence-corrected chi connectivity index (χ2v) is 6.70. The minimum absolute atomic E-state index is 0.00966. The molecule has 1 atom stereocenters. The Balaban J connectivity index is 1.60. The summed E-state index contributed by atoms with van der Waals surface area (Å²) in [4.78, 5) is 29.8. The molecule has 3 aromatic rings. The molecule has 0 aliphatic carbocycles. The lowest BCUT2D eigenvalue weighted by Gasteiger charge is -2.10. The van der Waals surface area contributed by atoms with Crippen LogP contribution in [0.15, 0.2) is 48.7 Å². The van der Waals surface area contributed by atoms with Gasteiger partial charge in [0.05, 0.1) is 22.9 Å². The van der Waals surface area contributed by atoms with Crippen molar-refractivity contribution in [3.63, 3.8) is 0 Å². The number of carbonyl (C=O) groups excluding carboxylic acids is 2. The first-order valence-electron chi connectivity index (χ1n) is 9.34. The van der Waals surface area contributed by atoms with Crippen molar-refractivity contribution < 1.29 is 14.3 Å². The molecule has 3 heterocycles. The van der Waals surface area contributed by atoms with Gasteiger partial charge in [-0.3, -0.25) is 14.0 Å². The van der Waals surface area contributed by atoms with Crippen LogP contribution in [0, 0.1) is 11.3 Å². The first kappa shape index (κ1) is 18.7. The van der Waals surface area contributed by atoms with Crippen molar-refractivity contribution in [2.45, 2.75) is 18.9 Å². The number of amides is 2. The average molecular weight is 389 g/mol. The van der Waals surface area contributed by atoms with Gasteiger partial charge in [-0.25, -0.2) is 4.98 Å². The van der Waals surface area contributed by atoms with Crippen LogP contribution in [0.4, 0.5) is 5.69 Å². The van der Waals surface area contributed by atoms with Crippen LogP contribution in [0.25, 0.3) is 5.52 Å². The molecule has 0 saturated carbocycles. The molecule has 1 aromatic carbocycles. The number of nitriles is 1. The molecule has 8 heteroatoms. The molecular formula is C21H19N5O3. The van der Waals surface area contributed by atoms with E-state index in [-0.39, 0.29) is 23.5 Å². The third kappa shape index (κ3) is 3.81. The van der Waals surface area contributed by atoms with Crippen LogP contribution in [0.2, 0.25) is 0 Å². The van der Waals surface area contributed by atoms with Crippen molar-refractivity contribution >= 4 is 23.0 Å². The van der Waals surface area contributed by atoms with E-state index >= 15 is 0 Å². The van der Waals surface area contributed by atoms with Gasteiger partial charge < -0.3 is 15.4 Å². The van der Waals surface area contributed by atoms with Crippen LogP contribution in [-0.2, 0) is 4.74 Å². The van der Waals surface area contributed by atoms with Gasteiger partial charge in [0.1, 0.15) is 6.07 Å². The summed E-state index contributed by atoms with van der Waals surface area (Å²) in [6, 6.07) is 14.0. The highest BCUT2D eigenvalue weighted by Gasteiger charge is 2.23. The van der Waals surface area contributed by atoms with Crippen LogP contribution < -0.4 is 10.6 Å². The van der Waals surface area contributed by atoms with E-state index in [0.29, 0.717) is 29.9 Å². The number of hydrogen-bond donors (Lipinski definition) is 2. The molecular weight excluding hydrogens is 370 g/mol. The molecule has 1 unspecified atom stereocenters. The monoisotopic (exact) mass is 389 g/mol. The maximum Gasteiger partial charge on any atom is 0.287 e. The molecule has 1 aliphatic heterocycles. The highest BCUT2D eigenvalue weighted by Crippen LogP contribution is 2.18. The number of para-hydroxylation sites is 1. The van der Waals surface area contributed by atoms with Crippen molar-refractivity contribution in [2.24, 2.45) is 0 Å². The Morgan fingerprint density at radius 1 is 1.21 bits per heavy atom. The Morgan fingerprint density at radius 3 is 2.83 bits per heavy atom. The van der Waals surface area contributed by atoms with Gasteiger partial charge in [-0.05, 0) is 37.1 Å². The van der Waals surface area contributed by atoms with Gasteiger partial charge in [0.25, 0.3) is 11.8 Å². The summed E-state index contributed by atoms with van der Waals surface area (Å²) >= 11 is 0. The molecule has 2 N–H and O–H groups in total. The smallest absolute Gasteiger partial charge is 0.287 e. The fraction of sp³-hybridized carbons (Fsp3) is 0.238. The minimum Gasteiger partial charge on any atom is -0.376 e. The fourth-order valence-corrected chi connectivity index (χ4v) is 3.33. The molecule has 1 saturated heterocycles. The predicted molar refractivity (Wildman–Crippen MR) is 106 cm³/mol. The summed E-state index contributed by atoms with van der Waals surface area (Å²) in [5.74, 6) is -0.745. The number of carbonyl (C=O) groups is 2. The number of hydrogen-bond acceptors (Lipinski definition) is 5. The summed E-state index contributed by atoms with van der Waals surface area (Å²) in [5, 5.41) is 14.8. The largest absolute Gasteiger partial charge is 0.376 e. The summed E-state index contributed by atoms with van der Waals surface area (Å²) < 4.78 is 7.11. The second kappa shape index (κ2) is 8.12. The van der Waals surface area contributed by atoms with E-state index < -0.39 is 5.91 Å². The average Bonchev–Trinajstić information content (AvgIpc) is 3.40. The van der Waals surface area contributed by atoms with Crippen LogP contribution in [-0.4, -0.2) is 40.5 Å². The summed E-state index contributed by atoms with van der Waals surface area (Å²) in [6.07, 6.45) is 3.59. The molecule has 0 radical (unpaired) electrons. The van der Waals surface area contributed by atoms with Crippen molar-refractivity contribution in [3.8, 4) is 6.07 Å². The maximum absolute atomic E-state index is 12.9. The Bertz CT molecular complexity index is 1110. The van der Waals surface area contributed by atoms with Gasteiger partial charge >= 0.3 is 0 Å². The van der Waals surface area contributed by atoms with Gasteiger partial charge in [-0.1, -0.05) is 18.2 Å². The normalized spacial score (nSPS) is 15.8. The first-order chi connectivity index (χ1) is 14.2. The van der Waals surface area contributed by atoms with Gasteiger partial charge in [0, 0.05) is 19.3 Å². The number of fused-ring (bicyclic) bond motifs is 1. The van der Waals surface area contributed by atoms with Crippen LogP contribution in [0.1, 0.15) is 39.5 Å². The van der Waals surface area contributed by atoms with E-state index in [2.05, 4.69) is 15.6 Å². The summed E-state index contributed by atoms with van der Waals surface area (Å²) in [6.45, 7) is 1.11. The fourth-order valence-electron chi connectivity index (χ4n) is 3.33. The first-order valence-corrected chi connectivity index (χ1v) is 9.34. The molecule has 146 valence electrons. The van der Waals surface area contributed by atoms with E-state index in [9.17, 15) is 14.9 Å². The lowest BCUT2D eigenvalue weighted by molar-refractivity contribution is 0.0848. The Morgan fingerprint density at radius 2 is 2.03 bits per heavy atom. The number of nitrogens with zero attached hydrogens (tertiary/aromatic N) is 3. The van der Waals surface area contributed by atoms with Crippen LogP contribution in [0.5, 0.6) is 0 Å². The van der Waals surface area contributed by atoms with Gasteiger partial charge in [0.2, 0.25) is 5.82 Å². The number of anilines is 1. The van der Waals surface area contributed by atoms with Crippen molar-refractivity contribution in [3.05, 3.63) is 65.7 Å². The van der Waals surface area contributed by atoms with Crippen LogP contribution >= 0.6 is 0 Å². The molecule has 4 rings (SSSR count). The molecule has 0 bridgehead atoms. The number of nitrogens with one attached hydrogen (secondary N) is 2. The summed E-state index contributed by atoms with van der Waals surface area (Å²) in [5.41, 5.74) is 1.35. The van der Waals surface area contributed by atoms with E-state index in [1.165, 1.54) is 0 Å². The minimum atomic E-state index is -0.491. The zero-order chi connectivity index (χ0) is 20.2. The van der Waals surface area contributed by atoms with Gasteiger partial charge in [-0.15, -0.1) is 0 Å². The quantitative estimate of drug-likeness (QED) is 0.696. The predicted octanol–water partition coefficient (Wildman–Crippen LogP) is 2.37. The maximum atomic E-state index is 12.9. The van der Waals surface area contributed by atoms with E-state index in [4.69, 9.17) is 4.74 Å². The highest BCUT2D eigenvalue weighted by molar-refractivity contribution is 6.09. The second-order valence-electron chi connectivity index (χ2n) is 6.70. The SMILES string of the molecule is N#Cc1ccccc1NC(=O)c1nc(C(=O)NCC2CCCO2)n2ccccc12. The third-order valence-electron chi connectivity index (χ3n) is 4.78. The molecule has 1 fully saturated rings. The number of pyridine rings is 1. The van der Waals surface area contributed by atoms with E-state index in [0.717, 1.165) is 12.8 Å². The Hall–Kier alpha value is -3.70. The van der Waals surface area contributed by atoms with Crippen molar-refractivity contribution in [1.29, 1.82) is 5.26 Å². The molecule has 29 heavy (non-hydrogen) atoms. The van der Waals surface area contributed by atoms with Gasteiger partial charge in [-0.2, -0.15) is 5.26 Å². The molecule has 8 nitrogen and oxygen atoms in total. The van der Waals surface area contributed by atoms with Crippen LogP contribution in [0.3, 0.4) is 0 Å². The van der Waals surface area contributed by atoms with Gasteiger partial charge in [0.15, 0.2) is 5.69 Å². The molecule has 2 amide bonds. The summed E-state index contributed by atoms with van der Waals surface area (Å²) in [7, 11) is 0. The zero-order valence-electron chi connectivity index (χ0n) is 15.6. The standard InChI is InChI=1S/C21H19N5O3/c22-12-14-6-1-2-8-16(14)24-20(27)18-17-9-3-4-10-26(17)19(25-18)21(28)23-13-15-7-5-11-29-15/h1-4,6,8-10,15H,5,7,11,13H2,(H,23,28)(H,24,27). The molecule has 1 aliphatic rings. The Kier molecular flexibility index (Phi) is 5.22. The number of benzene rings is 1. The van der Waals surface area contributed by atoms with E-state index in [1.807, 2.05) is 6.07 Å². The number of rotatable bonds is 5. The highest BCUT2D eigenvalue weighted by atomic mass is 16.5. The van der Waals surface area contributed by atoms with Crippen molar-refractivity contribution in [1.82, 2.24) is 14.7 Å². The Labute approximate surface area is 167 Å². The van der Waals surface area contributed by atoms with Crippen molar-refractivity contribution in [2.75, 3.05) is 18.5 Å². The third-order valence-corrected chi connectivity index (χ3v) is 4.78. The lowest BCUT2D eigenvalue weighted by atomic mass is 10.2. The molecule has 0 spiro atoms.